The van der Waals surface area contributed by atoms with E-state index in [4.69, 9.17) is 35.3 Å². The highest BCUT2D eigenvalue weighted by atomic mass is 16.9. The number of hydrogen-bond acceptors (Lipinski definition) is 15. The zero-order valence-electron chi connectivity index (χ0n) is 29.7. The molecule has 0 saturated carbocycles. The van der Waals surface area contributed by atoms with Crippen molar-refractivity contribution in [3.05, 3.63) is 129 Å². The minimum absolute atomic E-state index is 0.0392. The Morgan fingerprint density at radius 2 is 1.65 bits per heavy atom. The second-order valence-electron chi connectivity index (χ2n) is 11.5. The van der Waals surface area contributed by atoms with Crippen LogP contribution in [0.5, 0.6) is 6.01 Å². The van der Waals surface area contributed by atoms with Gasteiger partial charge >= 0.3 is 12.1 Å². The summed E-state index contributed by atoms with van der Waals surface area (Å²) in [5.41, 5.74) is 11.5. The number of hydrazine groups is 1. The quantitative estimate of drug-likeness (QED) is 0.0181. The van der Waals surface area contributed by atoms with Crippen LogP contribution in [0.3, 0.4) is 0 Å². The average Bonchev–Trinajstić information content (AvgIpc) is 3.52. The van der Waals surface area contributed by atoms with Gasteiger partial charge in [0.1, 0.15) is 13.2 Å². The third kappa shape index (κ3) is 10.2. The minimum Gasteiger partial charge on any atom is -0.465 e. The summed E-state index contributed by atoms with van der Waals surface area (Å²) in [6.07, 6.45) is -2.14. The number of para-hydroxylation sites is 1. The summed E-state index contributed by atoms with van der Waals surface area (Å²) in [5.74, 6) is 5.30. The van der Waals surface area contributed by atoms with Crippen molar-refractivity contribution in [1.29, 1.82) is 0 Å². The number of hydrazone groups is 1. The molecule has 0 amide bonds. The van der Waals surface area contributed by atoms with Crippen LogP contribution in [-0.4, -0.2) is 63.8 Å². The highest BCUT2D eigenvalue weighted by molar-refractivity contribution is 6.03. The van der Waals surface area contributed by atoms with Crippen LogP contribution in [0.1, 0.15) is 46.5 Å². The van der Waals surface area contributed by atoms with Gasteiger partial charge in [-0.1, -0.05) is 78.9 Å². The number of carbonyl (C=O) groups excluding carboxylic acids is 3. The van der Waals surface area contributed by atoms with Gasteiger partial charge in [-0.15, -0.1) is 15.2 Å². The van der Waals surface area contributed by atoms with Gasteiger partial charge in [-0.3, -0.25) is 9.36 Å². The lowest BCUT2D eigenvalue weighted by atomic mass is 9.98. The first kappa shape index (κ1) is 39.0. The highest BCUT2D eigenvalue weighted by Gasteiger charge is 2.22. The van der Waals surface area contributed by atoms with Crippen LogP contribution in [0.4, 0.5) is 4.79 Å². The van der Waals surface area contributed by atoms with Crippen LogP contribution in [0, 0.1) is 10.1 Å². The van der Waals surface area contributed by atoms with Gasteiger partial charge in [0.25, 0.3) is 17.6 Å². The Morgan fingerprint density at radius 3 is 2.36 bits per heavy atom. The molecule has 0 spiro atoms. The van der Waals surface area contributed by atoms with Gasteiger partial charge in [-0.25, -0.2) is 15.4 Å². The summed E-state index contributed by atoms with van der Waals surface area (Å²) in [5, 5.41) is 14.6. The summed E-state index contributed by atoms with van der Waals surface area (Å²) < 4.78 is 27.8. The van der Waals surface area contributed by atoms with Crippen molar-refractivity contribution in [1.82, 2.24) is 14.7 Å². The number of rotatable bonds is 18. The first-order valence-corrected chi connectivity index (χ1v) is 16.7. The molecule has 0 radical (unpaired) electrons. The van der Waals surface area contributed by atoms with Crippen LogP contribution in [0.2, 0.25) is 0 Å². The molecule has 0 aliphatic rings. The fourth-order valence-corrected chi connectivity index (χ4v) is 5.45. The minimum atomic E-state index is -1.09. The molecule has 0 fully saturated rings. The second-order valence-corrected chi connectivity index (χ2v) is 11.5. The fraction of sp³-hybridized carbons (Fsp3) is 0.216. The number of ether oxygens (including phenoxy) is 5. The van der Waals surface area contributed by atoms with Crippen molar-refractivity contribution in [3.63, 3.8) is 0 Å². The molecule has 55 heavy (non-hydrogen) atoms. The van der Waals surface area contributed by atoms with Gasteiger partial charge in [-0.05, 0) is 46.9 Å². The van der Waals surface area contributed by atoms with Gasteiger partial charge in [0.2, 0.25) is 6.29 Å². The van der Waals surface area contributed by atoms with E-state index in [-0.39, 0.29) is 37.6 Å². The number of nitrogens with zero attached hydrogens (tertiary/aromatic N) is 5. The van der Waals surface area contributed by atoms with Crippen LogP contribution >= 0.6 is 0 Å². The van der Waals surface area contributed by atoms with E-state index in [2.05, 4.69) is 14.9 Å². The van der Waals surface area contributed by atoms with E-state index in [9.17, 15) is 24.5 Å². The van der Waals surface area contributed by atoms with E-state index >= 15 is 0 Å². The van der Waals surface area contributed by atoms with E-state index in [1.54, 1.807) is 59.2 Å². The second kappa shape index (κ2) is 18.5. The van der Waals surface area contributed by atoms with Crippen LogP contribution in [0.25, 0.3) is 22.2 Å². The molecule has 1 atom stereocenters. The van der Waals surface area contributed by atoms with Gasteiger partial charge in [-0.2, -0.15) is 10.1 Å². The van der Waals surface area contributed by atoms with Crippen molar-refractivity contribution in [2.75, 3.05) is 13.3 Å². The molecule has 1 unspecified atom stereocenters. The average molecular weight is 756 g/mol. The third-order valence-corrected chi connectivity index (χ3v) is 7.89. The van der Waals surface area contributed by atoms with Crippen molar-refractivity contribution in [3.8, 4) is 17.1 Å². The molecular weight excluding hydrogens is 718 g/mol. The standard InChI is InChI=1S/C37H37N7O11/c1-3-50-36-40-32-14-8-13-31(35(46)55-24(2)53-23-45)33(32)42(36)19-25-15-17-26(18-16-25)29-11-6-7-12-30(29)34(38)41-43(39)22-52-37(47)51-20-27-9-4-5-10-28(27)21-54-44(48)49/h4-18,23-24H,3,19-22,39H2,1-2H3,(H2,38,41). The van der Waals surface area contributed by atoms with E-state index in [1.807, 2.05) is 43.3 Å². The highest BCUT2D eigenvalue weighted by Crippen LogP contribution is 2.29. The Morgan fingerprint density at radius 1 is 0.964 bits per heavy atom. The summed E-state index contributed by atoms with van der Waals surface area (Å²) in [4.78, 5) is 55.6. The third-order valence-electron chi connectivity index (χ3n) is 7.89. The normalized spacial score (nSPS) is 11.7. The number of nitrogens with two attached hydrogens (primary N) is 2. The molecule has 0 aliphatic heterocycles. The maximum atomic E-state index is 13.1. The van der Waals surface area contributed by atoms with E-state index in [0.29, 0.717) is 40.3 Å². The molecule has 1 heterocycles. The van der Waals surface area contributed by atoms with Crippen molar-refractivity contribution in [2.24, 2.45) is 16.7 Å². The Balaban J connectivity index is 1.27. The SMILES string of the molecule is CCOc1nc2cccc(C(=O)OC(C)OC=O)c2n1Cc1ccc(-c2ccccc2/C(N)=N/N(N)COC(=O)OCc2ccccc2CO[N+](=O)[O-])cc1. The number of esters is 1. The summed E-state index contributed by atoms with van der Waals surface area (Å²) in [7, 11) is 0. The van der Waals surface area contributed by atoms with E-state index < -0.39 is 30.2 Å². The van der Waals surface area contributed by atoms with Crippen LogP contribution < -0.4 is 16.3 Å². The topological polar surface area (TPSA) is 235 Å². The number of aromatic nitrogens is 2. The molecule has 0 aliphatic carbocycles. The molecule has 5 rings (SSSR count). The first-order valence-electron chi connectivity index (χ1n) is 16.7. The Hall–Kier alpha value is -7.21. The lowest BCUT2D eigenvalue weighted by molar-refractivity contribution is -0.763. The lowest BCUT2D eigenvalue weighted by Crippen LogP contribution is -2.33. The van der Waals surface area contributed by atoms with E-state index in [1.165, 1.54) is 6.92 Å². The predicted octanol–water partition coefficient (Wildman–Crippen LogP) is 4.64. The molecule has 18 nitrogen and oxygen atoms in total. The molecule has 4 N–H and O–H groups in total. The number of fused-ring (bicyclic) bond motifs is 1. The molecule has 0 bridgehead atoms. The largest absolute Gasteiger partial charge is 0.510 e. The molecule has 286 valence electrons. The van der Waals surface area contributed by atoms with E-state index in [0.717, 1.165) is 21.8 Å². The van der Waals surface area contributed by atoms with Gasteiger partial charge < -0.3 is 34.3 Å². The van der Waals surface area contributed by atoms with Crippen molar-refractivity contribution < 1.29 is 48.0 Å². The van der Waals surface area contributed by atoms with Crippen LogP contribution in [0.15, 0.2) is 96.1 Å². The number of imidazole rings is 1. The van der Waals surface area contributed by atoms with Gasteiger partial charge in [0, 0.05) is 12.5 Å². The maximum absolute atomic E-state index is 13.1. The number of benzene rings is 4. The van der Waals surface area contributed by atoms with Gasteiger partial charge in [0.15, 0.2) is 12.6 Å². The Kier molecular flexibility index (Phi) is 13.1. The Labute approximate surface area is 313 Å². The first-order chi connectivity index (χ1) is 26.6. The van der Waals surface area contributed by atoms with Gasteiger partial charge in [0.05, 0.1) is 29.7 Å². The summed E-state index contributed by atoms with van der Waals surface area (Å²) >= 11 is 0. The van der Waals surface area contributed by atoms with Crippen molar-refractivity contribution >= 4 is 35.5 Å². The fourth-order valence-electron chi connectivity index (χ4n) is 5.45. The monoisotopic (exact) mass is 755 g/mol. The smallest absolute Gasteiger partial charge is 0.465 e. The molecule has 4 aromatic carbocycles. The molecule has 1 aromatic heterocycles. The molecule has 0 saturated heterocycles. The summed E-state index contributed by atoms with van der Waals surface area (Å²) in [6, 6.07) is 26.8. The molecule has 5 aromatic rings. The Bertz CT molecular complexity index is 2170. The number of hydrogen-bond donors (Lipinski definition) is 2. The lowest BCUT2D eigenvalue weighted by Gasteiger charge is -2.16. The maximum Gasteiger partial charge on any atom is 0.510 e. The number of carbonyl (C=O) groups is 3. The van der Waals surface area contributed by atoms with Crippen LogP contribution in [-0.2, 0) is 48.3 Å². The molecule has 18 heteroatoms. The van der Waals surface area contributed by atoms with Crippen molar-refractivity contribution in [2.45, 2.75) is 39.9 Å². The summed E-state index contributed by atoms with van der Waals surface area (Å²) in [6.45, 7) is 3.06. The zero-order valence-corrected chi connectivity index (χ0v) is 29.7. The number of amidine groups is 1. The molecular formula is C37H37N7O11. The predicted molar refractivity (Wildman–Crippen MR) is 195 cm³/mol. The zero-order chi connectivity index (χ0) is 39.3.